The van der Waals surface area contributed by atoms with E-state index in [1.807, 2.05) is 0 Å². The summed E-state index contributed by atoms with van der Waals surface area (Å²) in [6.07, 6.45) is 0. The Balaban J connectivity index is 1.26. The summed E-state index contributed by atoms with van der Waals surface area (Å²) in [5.41, 5.74) is 13.2. The van der Waals surface area contributed by atoms with Crippen LogP contribution in [0.4, 0.5) is 51.2 Å². The lowest BCUT2D eigenvalue weighted by atomic mass is 9.34. The zero-order chi connectivity index (χ0) is 36.0. The fourth-order valence-electron chi connectivity index (χ4n) is 8.02. The summed E-state index contributed by atoms with van der Waals surface area (Å²) < 4.78 is 7.96. The van der Waals surface area contributed by atoms with Crippen LogP contribution in [0.5, 0.6) is 11.5 Å². The molecule has 0 unspecified atom stereocenters. The molecule has 8 aromatic rings. The Morgan fingerprint density at radius 3 is 1.46 bits per heavy atom. The van der Waals surface area contributed by atoms with Gasteiger partial charge in [0.2, 0.25) is 0 Å². The Bertz CT molecular complexity index is 2530. The van der Waals surface area contributed by atoms with Crippen molar-refractivity contribution in [3.05, 3.63) is 205 Å². The minimum atomic E-state index is -0.0573. The molecule has 0 bridgehead atoms. The summed E-state index contributed by atoms with van der Waals surface area (Å²) in [6.45, 7) is -0.0573. The number of fused-ring (bicyclic) bond motifs is 4. The standard InChI is InChI=1S/C48H33BBrN3O/c50-34-26-29-46-43(30-34)49-42-28-27-40(51(35-16-6-1-7-17-35)36-18-8-2-9-19-36)31-44(42)53(39-24-14-5-15-25-39)45-32-41(33-47(54-46)48(45)49)52(37-20-10-3-11-21-37)38-22-12-4-13-23-38/h1-33H. The molecular formula is C48H33BBrN3O. The first-order chi connectivity index (χ1) is 26.7. The third-order valence-corrected chi connectivity index (χ3v) is 10.8. The number of rotatable bonds is 7. The van der Waals surface area contributed by atoms with Crippen molar-refractivity contribution in [1.29, 1.82) is 0 Å². The molecule has 0 N–H and O–H groups in total. The third-order valence-electron chi connectivity index (χ3n) is 10.3. The van der Waals surface area contributed by atoms with E-state index in [2.05, 4.69) is 231 Å². The molecule has 0 spiro atoms. The average Bonchev–Trinajstić information content (AvgIpc) is 3.23. The van der Waals surface area contributed by atoms with E-state index in [1.165, 1.54) is 5.46 Å². The van der Waals surface area contributed by atoms with Gasteiger partial charge >= 0.3 is 0 Å². The van der Waals surface area contributed by atoms with Gasteiger partial charge in [0.05, 0.1) is 5.69 Å². The van der Waals surface area contributed by atoms with Crippen molar-refractivity contribution in [3.63, 3.8) is 0 Å². The van der Waals surface area contributed by atoms with Gasteiger partial charge in [0.15, 0.2) is 0 Å². The molecule has 6 heteroatoms. The van der Waals surface area contributed by atoms with Gasteiger partial charge in [-0.25, -0.2) is 0 Å². The Labute approximate surface area is 324 Å². The normalized spacial score (nSPS) is 12.2. The minimum absolute atomic E-state index is 0.0573. The van der Waals surface area contributed by atoms with Crippen molar-refractivity contribution >= 4 is 90.2 Å². The van der Waals surface area contributed by atoms with E-state index in [0.717, 1.165) is 78.1 Å². The number of hydrogen-bond donors (Lipinski definition) is 0. The van der Waals surface area contributed by atoms with Gasteiger partial charge in [0.25, 0.3) is 6.71 Å². The Kier molecular flexibility index (Phi) is 8.04. The molecule has 0 fully saturated rings. The highest BCUT2D eigenvalue weighted by atomic mass is 79.9. The summed E-state index contributed by atoms with van der Waals surface area (Å²) in [7, 11) is 0. The van der Waals surface area contributed by atoms with E-state index in [-0.39, 0.29) is 6.71 Å². The van der Waals surface area contributed by atoms with E-state index in [9.17, 15) is 0 Å². The van der Waals surface area contributed by atoms with Crippen molar-refractivity contribution in [3.8, 4) is 11.5 Å². The molecular weight excluding hydrogens is 725 g/mol. The Hall–Kier alpha value is -6.50. The SMILES string of the molecule is Brc1ccc2c(c1)B1c3ccc(N(c4ccccc4)c4ccccc4)cc3N(c3ccccc3)c3cc(N(c4ccccc4)c4ccccc4)cc(c31)O2. The third kappa shape index (κ3) is 5.54. The summed E-state index contributed by atoms with van der Waals surface area (Å²) >= 11 is 3.80. The second-order valence-electron chi connectivity index (χ2n) is 13.5. The van der Waals surface area contributed by atoms with Crippen LogP contribution in [0.2, 0.25) is 0 Å². The van der Waals surface area contributed by atoms with Crippen molar-refractivity contribution < 1.29 is 4.74 Å². The number of hydrogen-bond acceptors (Lipinski definition) is 4. The van der Waals surface area contributed by atoms with Gasteiger partial charge in [-0.05, 0) is 113 Å². The van der Waals surface area contributed by atoms with Crippen LogP contribution in [0.15, 0.2) is 205 Å². The van der Waals surface area contributed by atoms with Crippen molar-refractivity contribution in [2.75, 3.05) is 14.7 Å². The molecule has 0 atom stereocenters. The number of ether oxygens (including phenoxy) is 1. The van der Waals surface area contributed by atoms with Gasteiger partial charge in [-0.3, -0.25) is 0 Å². The second kappa shape index (κ2) is 13.5. The zero-order valence-corrected chi connectivity index (χ0v) is 30.8. The molecule has 10 rings (SSSR count). The predicted molar refractivity (Wildman–Crippen MR) is 229 cm³/mol. The van der Waals surface area contributed by atoms with E-state index in [4.69, 9.17) is 4.74 Å². The second-order valence-corrected chi connectivity index (χ2v) is 14.4. The van der Waals surface area contributed by atoms with Crippen LogP contribution >= 0.6 is 15.9 Å². The van der Waals surface area contributed by atoms with Crippen LogP contribution < -0.4 is 35.8 Å². The summed E-state index contributed by atoms with van der Waals surface area (Å²) in [5, 5.41) is 0. The maximum atomic E-state index is 6.94. The van der Waals surface area contributed by atoms with Crippen molar-refractivity contribution in [2.45, 2.75) is 0 Å². The number of benzene rings is 8. The largest absolute Gasteiger partial charge is 0.458 e. The average molecular weight is 759 g/mol. The maximum Gasteiger partial charge on any atom is 0.256 e. The lowest BCUT2D eigenvalue weighted by Crippen LogP contribution is -2.59. The fraction of sp³-hybridized carbons (Fsp3) is 0. The van der Waals surface area contributed by atoms with Crippen LogP contribution in [-0.4, -0.2) is 6.71 Å². The molecule has 0 saturated carbocycles. The first-order valence-electron chi connectivity index (χ1n) is 18.2. The molecule has 0 aliphatic carbocycles. The van der Waals surface area contributed by atoms with Crippen molar-refractivity contribution in [2.24, 2.45) is 0 Å². The quantitative estimate of drug-likeness (QED) is 0.151. The smallest absolute Gasteiger partial charge is 0.256 e. The molecule has 0 radical (unpaired) electrons. The van der Waals surface area contributed by atoms with Crippen LogP contribution in [0.25, 0.3) is 0 Å². The van der Waals surface area contributed by atoms with E-state index in [0.29, 0.717) is 0 Å². The topological polar surface area (TPSA) is 19.0 Å². The lowest BCUT2D eigenvalue weighted by molar-refractivity contribution is 0.487. The molecule has 54 heavy (non-hydrogen) atoms. The highest BCUT2D eigenvalue weighted by molar-refractivity contribution is 9.10. The molecule has 8 aromatic carbocycles. The number of nitrogens with zero attached hydrogens (tertiary/aromatic N) is 3. The van der Waals surface area contributed by atoms with Crippen molar-refractivity contribution in [1.82, 2.24) is 0 Å². The van der Waals surface area contributed by atoms with Crippen LogP contribution in [0.3, 0.4) is 0 Å². The highest BCUT2D eigenvalue weighted by Gasteiger charge is 2.43. The zero-order valence-electron chi connectivity index (χ0n) is 29.3. The minimum Gasteiger partial charge on any atom is -0.458 e. The molecule has 2 aliphatic rings. The number of halogens is 1. The lowest BCUT2D eigenvalue weighted by Gasteiger charge is -2.41. The molecule has 2 heterocycles. The number of para-hydroxylation sites is 5. The van der Waals surface area contributed by atoms with Gasteiger partial charge in [-0.1, -0.05) is 113 Å². The summed E-state index contributed by atoms with van der Waals surface area (Å²) in [5.74, 6) is 1.72. The van der Waals surface area contributed by atoms with Gasteiger partial charge in [0.1, 0.15) is 11.5 Å². The monoisotopic (exact) mass is 757 g/mol. The van der Waals surface area contributed by atoms with Gasteiger partial charge in [0, 0.05) is 56.0 Å². The first kappa shape index (κ1) is 32.2. The van der Waals surface area contributed by atoms with E-state index >= 15 is 0 Å². The van der Waals surface area contributed by atoms with Crippen LogP contribution in [-0.2, 0) is 0 Å². The predicted octanol–water partition coefficient (Wildman–Crippen LogP) is 11.8. The Morgan fingerprint density at radius 2 is 0.907 bits per heavy atom. The summed E-state index contributed by atoms with van der Waals surface area (Å²) in [4.78, 5) is 7.07. The highest BCUT2D eigenvalue weighted by Crippen LogP contribution is 2.47. The molecule has 2 aliphatic heterocycles. The first-order valence-corrected chi connectivity index (χ1v) is 19.0. The molecule has 0 amide bonds. The van der Waals surface area contributed by atoms with Gasteiger partial charge in [-0.15, -0.1) is 0 Å². The maximum absolute atomic E-state index is 6.94. The molecule has 256 valence electrons. The molecule has 0 aromatic heterocycles. The van der Waals surface area contributed by atoms with E-state index in [1.54, 1.807) is 0 Å². The molecule has 4 nitrogen and oxygen atoms in total. The van der Waals surface area contributed by atoms with E-state index < -0.39 is 0 Å². The summed E-state index contributed by atoms with van der Waals surface area (Å²) in [6, 6.07) is 70.9. The van der Waals surface area contributed by atoms with Crippen LogP contribution in [0.1, 0.15) is 0 Å². The van der Waals surface area contributed by atoms with Crippen LogP contribution in [0, 0.1) is 0 Å². The number of anilines is 9. The molecule has 0 saturated heterocycles. The van der Waals surface area contributed by atoms with Gasteiger partial charge < -0.3 is 19.4 Å². The fourth-order valence-corrected chi connectivity index (χ4v) is 8.40. The Morgan fingerprint density at radius 1 is 0.407 bits per heavy atom. The van der Waals surface area contributed by atoms with Gasteiger partial charge in [-0.2, -0.15) is 0 Å².